The van der Waals surface area contributed by atoms with E-state index >= 15 is 0 Å². The fourth-order valence-electron chi connectivity index (χ4n) is 4.00. The number of nitrogens with one attached hydrogen (secondary N) is 1. The molecule has 4 rings (SSSR count). The van der Waals surface area contributed by atoms with Gasteiger partial charge in [-0.15, -0.1) is 0 Å². The molecule has 0 aromatic carbocycles. The van der Waals surface area contributed by atoms with E-state index in [9.17, 15) is 9.18 Å². The van der Waals surface area contributed by atoms with E-state index in [0.717, 1.165) is 37.4 Å². The van der Waals surface area contributed by atoms with Gasteiger partial charge in [0.05, 0.1) is 5.69 Å². The molecule has 0 radical (unpaired) electrons. The van der Waals surface area contributed by atoms with Crippen molar-refractivity contribution >= 4 is 17.4 Å². The lowest BCUT2D eigenvalue weighted by molar-refractivity contribution is -0.129. The second-order valence-corrected chi connectivity index (χ2v) is 8.90. The molecule has 0 bridgehead atoms. The number of nitrogens with zero attached hydrogens (tertiary/aromatic N) is 4. The van der Waals surface area contributed by atoms with Crippen molar-refractivity contribution in [2.45, 2.75) is 101 Å². The summed E-state index contributed by atoms with van der Waals surface area (Å²) < 4.78 is 13.1. The van der Waals surface area contributed by atoms with Crippen molar-refractivity contribution in [2.75, 3.05) is 24.5 Å². The van der Waals surface area contributed by atoms with Crippen LogP contribution in [-0.4, -0.2) is 46.1 Å². The third-order valence-corrected chi connectivity index (χ3v) is 5.64. The van der Waals surface area contributed by atoms with Gasteiger partial charge in [-0.1, -0.05) is 48.0 Å². The molecule has 0 aliphatic carbocycles. The Hall–Kier alpha value is -2.80. The van der Waals surface area contributed by atoms with E-state index in [1.54, 1.807) is 6.92 Å². The number of aryl methyl sites for hydroxylation is 3. The number of imidazole rings is 1. The van der Waals surface area contributed by atoms with Crippen LogP contribution in [0.3, 0.4) is 0 Å². The van der Waals surface area contributed by atoms with Gasteiger partial charge in [-0.05, 0) is 69.9 Å². The summed E-state index contributed by atoms with van der Waals surface area (Å²) in [6.45, 7) is 23.7. The van der Waals surface area contributed by atoms with Crippen molar-refractivity contribution < 1.29 is 9.18 Å². The first kappa shape index (κ1) is 35.2. The molecule has 0 amide bonds. The Morgan fingerprint density at radius 2 is 1.79 bits per heavy atom. The first-order valence-electron chi connectivity index (χ1n) is 14.3. The smallest absolute Gasteiger partial charge is 0.301 e. The Morgan fingerprint density at radius 3 is 2.34 bits per heavy atom. The Kier molecular flexibility index (Phi) is 18.7. The minimum absolute atomic E-state index is 0.0694. The molecule has 4 heterocycles. The number of fused-ring (bicyclic) bond motifs is 1. The molecular weight excluding hydrogens is 477 g/mol. The summed E-state index contributed by atoms with van der Waals surface area (Å²) in [5.41, 5.74) is 7.37. The molecule has 6 nitrogen and oxygen atoms in total. The molecule has 0 spiro atoms. The Balaban J connectivity index is 0.000000560. The molecule has 0 saturated carbocycles. The van der Waals surface area contributed by atoms with Crippen LogP contribution in [0.15, 0.2) is 36.8 Å². The average Bonchev–Trinajstić information content (AvgIpc) is 3.27. The molecule has 1 N–H and O–H groups in total. The van der Waals surface area contributed by atoms with Gasteiger partial charge >= 0.3 is 6.04 Å². The van der Waals surface area contributed by atoms with E-state index in [-0.39, 0.29) is 6.42 Å². The fraction of sp³-hybridized carbons (Fsp3) is 0.581. The van der Waals surface area contributed by atoms with Crippen molar-refractivity contribution in [1.82, 2.24) is 19.7 Å². The summed E-state index contributed by atoms with van der Waals surface area (Å²) in [5, 5.41) is 3.49. The van der Waals surface area contributed by atoms with Crippen LogP contribution in [0.2, 0.25) is 0 Å². The van der Waals surface area contributed by atoms with Crippen LogP contribution < -0.4 is 10.2 Å². The number of piperazine rings is 1. The van der Waals surface area contributed by atoms with Crippen LogP contribution in [0.5, 0.6) is 0 Å². The maximum absolute atomic E-state index is 11.1. The third-order valence-electron chi connectivity index (χ3n) is 5.64. The van der Waals surface area contributed by atoms with Gasteiger partial charge in [0.1, 0.15) is 5.65 Å². The Labute approximate surface area is 231 Å². The van der Waals surface area contributed by atoms with E-state index in [2.05, 4.69) is 66.1 Å². The molecule has 1 atom stereocenters. The molecule has 1 aliphatic rings. The zero-order chi connectivity index (χ0) is 29.1. The van der Waals surface area contributed by atoms with Gasteiger partial charge < -0.3 is 14.6 Å². The van der Waals surface area contributed by atoms with Gasteiger partial charge in [-0.25, -0.2) is 4.98 Å². The fourth-order valence-corrected chi connectivity index (χ4v) is 4.00. The minimum atomic E-state index is -1.21. The van der Waals surface area contributed by atoms with E-state index < -0.39 is 6.04 Å². The highest BCUT2D eigenvalue weighted by molar-refractivity contribution is 5.67. The van der Waals surface area contributed by atoms with Crippen LogP contribution in [0, 0.1) is 20.8 Å². The second kappa shape index (κ2) is 20.2. The molecule has 214 valence electrons. The van der Waals surface area contributed by atoms with Crippen LogP contribution in [0.4, 0.5) is 10.1 Å². The predicted molar refractivity (Wildman–Crippen MR) is 161 cm³/mol. The maximum Gasteiger partial charge on any atom is 0.301 e. The SMILES string of the molecule is CC.CC.CCCC(=O)F.CCCc1c(N2CCNC(C)C2)ccnc1C.Cc1ccn2cc(C)nc2c1. The van der Waals surface area contributed by atoms with Crippen molar-refractivity contribution in [3.05, 3.63) is 59.3 Å². The Morgan fingerprint density at radius 1 is 1.11 bits per heavy atom. The number of pyridine rings is 2. The summed E-state index contributed by atoms with van der Waals surface area (Å²) in [5.74, 6) is 0. The largest absolute Gasteiger partial charge is 0.368 e. The second-order valence-electron chi connectivity index (χ2n) is 8.90. The van der Waals surface area contributed by atoms with Crippen molar-refractivity contribution in [3.63, 3.8) is 0 Å². The van der Waals surface area contributed by atoms with Crippen molar-refractivity contribution in [1.29, 1.82) is 0 Å². The lowest BCUT2D eigenvalue weighted by Gasteiger charge is -2.35. The highest BCUT2D eigenvalue weighted by atomic mass is 19.1. The first-order chi connectivity index (χ1) is 18.2. The molecule has 1 aliphatic heterocycles. The van der Waals surface area contributed by atoms with Crippen LogP contribution in [-0.2, 0) is 11.2 Å². The number of anilines is 1. The number of halogens is 1. The van der Waals surface area contributed by atoms with Gasteiger partial charge in [0.15, 0.2) is 0 Å². The molecule has 7 heteroatoms. The van der Waals surface area contributed by atoms with E-state index in [4.69, 9.17) is 0 Å². The van der Waals surface area contributed by atoms with Gasteiger partial charge in [0.2, 0.25) is 0 Å². The van der Waals surface area contributed by atoms with Gasteiger partial charge in [-0.2, -0.15) is 4.39 Å². The van der Waals surface area contributed by atoms with E-state index in [0.29, 0.717) is 12.5 Å². The molecule has 1 unspecified atom stereocenters. The van der Waals surface area contributed by atoms with E-state index in [1.807, 2.05) is 57.6 Å². The summed E-state index contributed by atoms with van der Waals surface area (Å²) in [7, 11) is 0. The van der Waals surface area contributed by atoms with Crippen LogP contribution >= 0.6 is 0 Å². The topological polar surface area (TPSA) is 62.5 Å². The minimum Gasteiger partial charge on any atom is -0.368 e. The number of rotatable bonds is 5. The predicted octanol–water partition coefficient (Wildman–Crippen LogP) is 7.43. The van der Waals surface area contributed by atoms with Crippen molar-refractivity contribution in [2.24, 2.45) is 0 Å². The zero-order valence-corrected chi connectivity index (χ0v) is 25.6. The van der Waals surface area contributed by atoms with Gasteiger partial charge in [-0.3, -0.25) is 9.78 Å². The van der Waals surface area contributed by atoms with Gasteiger partial charge in [0, 0.05) is 62.1 Å². The number of hydrogen-bond acceptors (Lipinski definition) is 5. The lowest BCUT2D eigenvalue weighted by Crippen LogP contribution is -2.49. The number of hydrogen-bond donors (Lipinski definition) is 1. The number of carbonyl (C=O) groups is 1. The lowest BCUT2D eigenvalue weighted by atomic mass is 10.0. The molecule has 38 heavy (non-hydrogen) atoms. The monoisotopic (exact) mass is 529 g/mol. The molecule has 1 saturated heterocycles. The van der Waals surface area contributed by atoms with E-state index in [1.165, 1.54) is 28.9 Å². The summed E-state index contributed by atoms with van der Waals surface area (Å²) in [6.07, 6.45) is 8.99. The summed E-state index contributed by atoms with van der Waals surface area (Å²) >= 11 is 0. The van der Waals surface area contributed by atoms with Gasteiger partial charge in [0.25, 0.3) is 0 Å². The maximum atomic E-state index is 11.1. The average molecular weight is 530 g/mol. The molecule has 1 fully saturated rings. The normalized spacial score (nSPS) is 14.0. The van der Waals surface area contributed by atoms with Crippen LogP contribution in [0.1, 0.15) is 90.2 Å². The number of aromatic nitrogens is 3. The highest BCUT2D eigenvalue weighted by Crippen LogP contribution is 2.24. The summed E-state index contributed by atoms with van der Waals surface area (Å²) in [6, 6.07) is 5.70. The third kappa shape index (κ3) is 12.6. The Bertz CT molecular complexity index is 1050. The number of carbonyl (C=O) groups excluding carboxylic acids is 1. The molecule has 3 aromatic heterocycles. The quantitative estimate of drug-likeness (QED) is 0.348. The van der Waals surface area contributed by atoms with Crippen LogP contribution in [0.25, 0.3) is 5.65 Å². The van der Waals surface area contributed by atoms with Crippen molar-refractivity contribution in [3.8, 4) is 0 Å². The first-order valence-corrected chi connectivity index (χ1v) is 14.3. The summed E-state index contributed by atoms with van der Waals surface area (Å²) in [4.78, 5) is 20.6. The zero-order valence-electron chi connectivity index (χ0n) is 25.6. The highest BCUT2D eigenvalue weighted by Gasteiger charge is 2.19. The standard InChI is InChI=1S/C14H23N3.C9H10N2.C4H7FO.2C2H6/c1-4-5-13-12(3)16-7-6-14(13)17-9-8-15-11(2)10-17;1-7-3-4-11-6-8(2)10-9(11)5-7;1-2-3-4(5)6;2*1-2/h6-7,11,15H,4-5,8-10H2,1-3H3;3-6H,1-2H3;2-3H2,1H3;2*1-2H3. The molecule has 3 aromatic rings. The molecular formula is C31H52FN5O.